The number of ether oxygens (including phenoxy) is 1. The van der Waals surface area contributed by atoms with Crippen molar-refractivity contribution in [3.8, 4) is 0 Å². The predicted molar refractivity (Wildman–Crippen MR) is 57.4 cm³/mol. The Labute approximate surface area is 86.1 Å². The average molecular weight is 196 g/mol. The van der Waals surface area contributed by atoms with Crippen LogP contribution < -0.4 is 5.32 Å². The summed E-state index contributed by atoms with van der Waals surface area (Å²) in [6.07, 6.45) is 7.38. The highest BCUT2D eigenvalue weighted by Gasteiger charge is 2.18. The van der Waals surface area contributed by atoms with Gasteiger partial charge in [-0.25, -0.2) is 0 Å². The highest BCUT2D eigenvalue weighted by Crippen LogP contribution is 2.09. The molecule has 1 heterocycles. The van der Waals surface area contributed by atoms with Crippen molar-refractivity contribution in [2.24, 2.45) is 0 Å². The Kier molecular flexibility index (Phi) is 3.56. The maximum atomic E-state index is 5.68. The van der Waals surface area contributed by atoms with Crippen molar-refractivity contribution in [1.29, 1.82) is 0 Å². The van der Waals surface area contributed by atoms with E-state index in [1.807, 2.05) is 0 Å². The maximum absolute atomic E-state index is 5.68. The van der Waals surface area contributed by atoms with Gasteiger partial charge in [0.25, 0.3) is 0 Å². The normalized spacial score (nSPS) is 33.8. The van der Waals surface area contributed by atoms with E-state index in [0.717, 1.165) is 26.2 Å². The molecule has 0 aromatic carbocycles. The fraction of sp³-hybridized carbons (Fsp3) is 0.818. The van der Waals surface area contributed by atoms with Gasteiger partial charge in [0.15, 0.2) is 0 Å². The van der Waals surface area contributed by atoms with Crippen LogP contribution in [0, 0.1) is 0 Å². The number of likely N-dealkylation sites (N-methyl/N-ethyl adjacent to an activating group) is 1. The Hall–Kier alpha value is -0.380. The molecule has 2 unspecified atom stereocenters. The van der Waals surface area contributed by atoms with Crippen molar-refractivity contribution in [2.45, 2.75) is 25.0 Å². The topological polar surface area (TPSA) is 24.5 Å². The van der Waals surface area contributed by atoms with Gasteiger partial charge in [-0.2, -0.15) is 0 Å². The molecule has 0 saturated carbocycles. The molecule has 1 fully saturated rings. The number of morpholine rings is 1. The Morgan fingerprint density at radius 1 is 1.57 bits per heavy atom. The summed E-state index contributed by atoms with van der Waals surface area (Å²) in [7, 11) is 2.16. The zero-order valence-corrected chi connectivity index (χ0v) is 8.91. The lowest BCUT2D eigenvalue weighted by atomic mass is 10.2. The minimum atomic E-state index is 0.378. The SMILES string of the molecule is CN1CCOC(CNC2C=CCC2)C1. The summed E-state index contributed by atoms with van der Waals surface area (Å²) in [5.74, 6) is 0. The number of nitrogens with zero attached hydrogens (tertiary/aromatic N) is 1. The van der Waals surface area contributed by atoms with Gasteiger partial charge in [0.1, 0.15) is 0 Å². The van der Waals surface area contributed by atoms with Gasteiger partial charge in [0.05, 0.1) is 12.7 Å². The van der Waals surface area contributed by atoms with Crippen LogP contribution in [0.1, 0.15) is 12.8 Å². The van der Waals surface area contributed by atoms with Gasteiger partial charge in [0.2, 0.25) is 0 Å². The highest BCUT2D eigenvalue weighted by atomic mass is 16.5. The number of hydrogen-bond donors (Lipinski definition) is 1. The molecule has 14 heavy (non-hydrogen) atoms. The fourth-order valence-corrected chi connectivity index (χ4v) is 2.08. The number of nitrogens with one attached hydrogen (secondary N) is 1. The molecule has 2 atom stereocenters. The average Bonchev–Trinajstić information content (AvgIpc) is 2.67. The lowest BCUT2D eigenvalue weighted by Gasteiger charge is -2.30. The van der Waals surface area contributed by atoms with Gasteiger partial charge in [-0.15, -0.1) is 0 Å². The molecule has 0 bridgehead atoms. The van der Waals surface area contributed by atoms with E-state index in [-0.39, 0.29) is 0 Å². The molecule has 0 amide bonds. The van der Waals surface area contributed by atoms with Crippen LogP contribution in [0.3, 0.4) is 0 Å². The van der Waals surface area contributed by atoms with Crippen molar-refractivity contribution in [1.82, 2.24) is 10.2 Å². The third-order valence-electron chi connectivity index (χ3n) is 2.96. The van der Waals surface area contributed by atoms with E-state index < -0.39 is 0 Å². The van der Waals surface area contributed by atoms with E-state index in [4.69, 9.17) is 4.74 Å². The second kappa shape index (κ2) is 4.91. The van der Waals surface area contributed by atoms with Gasteiger partial charge in [0, 0.05) is 25.7 Å². The van der Waals surface area contributed by atoms with Crippen molar-refractivity contribution in [2.75, 3.05) is 33.3 Å². The molecule has 1 N–H and O–H groups in total. The number of rotatable bonds is 3. The molecule has 3 nitrogen and oxygen atoms in total. The smallest absolute Gasteiger partial charge is 0.0826 e. The number of hydrogen-bond acceptors (Lipinski definition) is 3. The van der Waals surface area contributed by atoms with E-state index in [1.165, 1.54) is 12.8 Å². The summed E-state index contributed by atoms with van der Waals surface area (Å²) in [5, 5.41) is 3.53. The molecule has 3 heteroatoms. The van der Waals surface area contributed by atoms with Crippen molar-refractivity contribution in [3.63, 3.8) is 0 Å². The second-order valence-corrected chi connectivity index (χ2v) is 4.28. The predicted octanol–water partition coefficient (Wildman–Crippen LogP) is 0.625. The summed E-state index contributed by atoms with van der Waals surface area (Å²) in [4.78, 5) is 2.33. The first kappa shape index (κ1) is 10.1. The van der Waals surface area contributed by atoms with Gasteiger partial charge in [-0.05, 0) is 19.9 Å². The van der Waals surface area contributed by atoms with Crippen LogP contribution in [-0.2, 0) is 4.74 Å². The second-order valence-electron chi connectivity index (χ2n) is 4.28. The van der Waals surface area contributed by atoms with Crippen LogP contribution in [-0.4, -0.2) is 50.3 Å². The van der Waals surface area contributed by atoms with Gasteiger partial charge in [-0.3, -0.25) is 0 Å². The van der Waals surface area contributed by atoms with Crippen LogP contribution in [0.4, 0.5) is 0 Å². The Bertz CT molecular complexity index is 205. The Balaban J connectivity index is 1.66. The fourth-order valence-electron chi connectivity index (χ4n) is 2.08. The molecular weight excluding hydrogens is 176 g/mol. The lowest BCUT2D eigenvalue weighted by Crippen LogP contribution is -2.46. The molecule has 1 saturated heterocycles. The number of allylic oxidation sites excluding steroid dienone is 1. The maximum Gasteiger partial charge on any atom is 0.0826 e. The minimum absolute atomic E-state index is 0.378. The molecule has 1 aliphatic carbocycles. The van der Waals surface area contributed by atoms with Crippen LogP contribution in [0.25, 0.3) is 0 Å². The molecule has 0 spiro atoms. The summed E-state index contributed by atoms with van der Waals surface area (Å²) in [6, 6.07) is 0.589. The largest absolute Gasteiger partial charge is 0.374 e. The lowest BCUT2D eigenvalue weighted by molar-refractivity contribution is -0.0187. The van der Waals surface area contributed by atoms with E-state index in [9.17, 15) is 0 Å². The standard InChI is InChI=1S/C11H20N2O/c1-13-6-7-14-11(9-13)8-12-10-4-2-3-5-10/h2,4,10-12H,3,5-9H2,1H3. The van der Waals surface area contributed by atoms with Gasteiger partial charge >= 0.3 is 0 Å². The molecule has 1 aliphatic heterocycles. The first-order valence-electron chi connectivity index (χ1n) is 5.55. The Morgan fingerprint density at radius 3 is 3.21 bits per heavy atom. The van der Waals surface area contributed by atoms with Crippen LogP contribution in [0.15, 0.2) is 12.2 Å². The van der Waals surface area contributed by atoms with Gasteiger partial charge < -0.3 is 15.0 Å². The van der Waals surface area contributed by atoms with Crippen molar-refractivity contribution >= 4 is 0 Å². The zero-order valence-electron chi connectivity index (χ0n) is 8.91. The summed E-state index contributed by atoms with van der Waals surface area (Å²) in [5.41, 5.74) is 0. The highest BCUT2D eigenvalue weighted by molar-refractivity contribution is 5.00. The van der Waals surface area contributed by atoms with Gasteiger partial charge in [-0.1, -0.05) is 12.2 Å². The summed E-state index contributed by atoms with van der Waals surface area (Å²) in [6.45, 7) is 3.99. The molecule has 2 aliphatic rings. The summed E-state index contributed by atoms with van der Waals surface area (Å²) < 4.78 is 5.68. The van der Waals surface area contributed by atoms with Crippen LogP contribution >= 0.6 is 0 Å². The van der Waals surface area contributed by atoms with E-state index in [1.54, 1.807) is 0 Å². The quantitative estimate of drug-likeness (QED) is 0.670. The molecule has 2 rings (SSSR count). The van der Waals surface area contributed by atoms with E-state index >= 15 is 0 Å². The monoisotopic (exact) mass is 196 g/mol. The molecule has 0 aromatic heterocycles. The first-order valence-corrected chi connectivity index (χ1v) is 5.55. The Morgan fingerprint density at radius 2 is 2.50 bits per heavy atom. The third kappa shape index (κ3) is 2.80. The van der Waals surface area contributed by atoms with E-state index in [0.29, 0.717) is 12.1 Å². The third-order valence-corrected chi connectivity index (χ3v) is 2.96. The molecule has 0 radical (unpaired) electrons. The molecule has 80 valence electrons. The minimum Gasteiger partial charge on any atom is -0.374 e. The summed E-state index contributed by atoms with van der Waals surface area (Å²) >= 11 is 0. The van der Waals surface area contributed by atoms with Crippen LogP contribution in [0.2, 0.25) is 0 Å². The first-order chi connectivity index (χ1) is 6.84. The van der Waals surface area contributed by atoms with E-state index in [2.05, 4.69) is 29.4 Å². The van der Waals surface area contributed by atoms with Crippen molar-refractivity contribution in [3.05, 3.63) is 12.2 Å². The van der Waals surface area contributed by atoms with Crippen LogP contribution in [0.5, 0.6) is 0 Å². The van der Waals surface area contributed by atoms with Crippen molar-refractivity contribution < 1.29 is 4.74 Å². The molecular formula is C11H20N2O. The zero-order chi connectivity index (χ0) is 9.80. The molecule has 0 aromatic rings.